The lowest BCUT2D eigenvalue weighted by atomic mass is 10.2. The van der Waals surface area contributed by atoms with Gasteiger partial charge in [0.2, 0.25) is 10.0 Å². The highest BCUT2D eigenvalue weighted by Gasteiger charge is 2.32. The second-order valence-corrected chi connectivity index (χ2v) is 10.3. The predicted octanol–water partition coefficient (Wildman–Crippen LogP) is 5.98. The molecule has 0 aliphatic carbocycles. The Hall–Kier alpha value is -2.53. The summed E-state index contributed by atoms with van der Waals surface area (Å²) < 4.78 is 65.1. The van der Waals surface area contributed by atoms with Crippen molar-refractivity contribution in [3.05, 3.63) is 92.2 Å². The van der Waals surface area contributed by atoms with Gasteiger partial charge in [-0.15, -0.1) is 0 Å². The number of aryl methyl sites for hydroxylation is 1. The molecule has 0 fully saturated rings. The minimum atomic E-state index is -4.55. The number of hydrogen-bond acceptors (Lipinski definition) is 4. The fourth-order valence-electron chi connectivity index (χ4n) is 2.92. The predicted molar refractivity (Wildman–Crippen MR) is 129 cm³/mol. The molecule has 0 bridgehead atoms. The third-order valence-electron chi connectivity index (χ3n) is 4.74. The fourth-order valence-corrected chi connectivity index (χ4v) is 4.73. The first kappa shape index (κ1) is 27.1. The molecule has 0 radical (unpaired) electrons. The van der Waals surface area contributed by atoms with Gasteiger partial charge >= 0.3 is 6.18 Å². The van der Waals surface area contributed by atoms with Crippen molar-refractivity contribution in [2.24, 2.45) is 0 Å². The summed E-state index contributed by atoms with van der Waals surface area (Å²) in [5, 5.41) is 3.12. The van der Waals surface area contributed by atoms with Crippen LogP contribution in [0.5, 0.6) is 0 Å². The molecule has 3 rings (SSSR count). The van der Waals surface area contributed by atoms with Gasteiger partial charge in [-0.05, 0) is 47.9 Å². The molecule has 1 amide bonds. The number of halogens is 6. The van der Waals surface area contributed by atoms with Crippen LogP contribution >= 0.6 is 34.8 Å². The summed E-state index contributed by atoms with van der Waals surface area (Å²) in [4.78, 5) is 15.7. The molecule has 0 atom stereocenters. The van der Waals surface area contributed by atoms with Crippen molar-refractivity contribution < 1.29 is 26.4 Å². The molecule has 6 nitrogen and oxygen atoms in total. The van der Waals surface area contributed by atoms with Gasteiger partial charge in [-0.3, -0.25) is 14.5 Å². The number of aromatic nitrogens is 1. The Morgan fingerprint density at radius 1 is 1.00 bits per heavy atom. The van der Waals surface area contributed by atoms with Crippen LogP contribution in [0.2, 0.25) is 15.1 Å². The van der Waals surface area contributed by atoms with Crippen LogP contribution in [0.15, 0.2) is 54.7 Å². The molecule has 186 valence electrons. The van der Waals surface area contributed by atoms with Gasteiger partial charge < -0.3 is 5.32 Å². The average Bonchev–Trinajstić information content (AvgIpc) is 2.79. The second-order valence-electron chi connectivity index (χ2n) is 7.31. The van der Waals surface area contributed by atoms with Crippen molar-refractivity contribution in [3.63, 3.8) is 0 Å². The standard InChI is InChI=1S/C22H17Cl3F3N3O3S/c23-16-3-1-2-14(20(16)25)8-9-35(33,34)31-18-6-5-15(10-17(18)24)21(32)30-12-13-4-7-19(29-11-13)22(26,27)28/h1-7,10-11,31H,8-9,12H2,(H,30,32). The summed E-state index contributed by atoms with van der Waals surface area (Å²) in [5.41, 5.74) is 0.108. The Morgan fingerprint density at radius 2 is 1.74 bits per heavy atom. The van der Waals surface area contributed by atoms with Crippen LogP contribution in [0, 0.1) is 0 Å². The normalized spacial score (nSPS) is 11.8. The molecule has 35 heavy (non-hydrogen) atoms. The zero-order valence-electron chi connectivity index (χ0n) is 17.7. The van der Waals surface area contributed by atoms with Crippen molar-refractivity contribution >= 4 is 56.4 Å². The highest BCUT2D eigenvalue weighted by Crippen LogP contribution is 2.28. The third kappa shape index (κ3) is 7.47. The first-order valence-electron chi connectivity index (χ1n) is 9.89. The van der Waals surface area contributed by atoms with Crippen molar-refractivity contribution in [2.45, 2.75) is 19.1 Å². The summed E-state index contributed by atoms with van der Waals surface area (Å²) in [6.45, 7) is -0.0674. The van der Waals surface area contributed by atoms with E-state index < -0.39 is 27.8 Å². The first-order chi connectivity index (χ1) is 16.4. The first-order valence-corrected chi connectivity index (χ1v) is 12.7. The van der Waals surface area contributed by atoms with Crippen molar-refractivity contribution in [1.82, 2.24) is 10.3 Å². The van der Waals surface area contributed by atoms with Gasteiger partial charge in [-0.25, -0.2) is 8.42 Å². The molecule has 0 unspecified atom stereocenters. The third-order valence-corrected chi connectivity index (χ3v) is 7.18. The summed E-state index contributed by atoms with van der Waals surface area (Å²) >= 11 is 18.2. The summed E-state index contributed by atoms with van der Waals surface area (Å²) in [7, 11) is -3.80. The van der Waals surface area contributed by atoms with Crippen molar-refractivity contribution in [3.8, 4) is 0 Å². The number of rotatable bonds is 8. The molecule has 0 aliphatic rings. The van der Waals surface area contributed by atoms with Crippen LogP contribution < -0.4 is 10.0 Å². The number of carbonyl (C=O) groups is 1. The summed E-state index contributed by atoms with van der Waals surface area (Å²) in [5.74, 6) is -0.843. The maximum Gasteiger partial charge on any atom is 0.433 e. The SMILES string of the molecule is O=C(NCc1ccc(C(F)(F)F)nc1)c1ccc(NS(=O)(=O)CCc2cccc(Cl)c2Cl)c(Cl)c1. The van der Waals surface area contributed by atoms with E-state index in [9.17, 15) is 26.4 Å². The van der Waals surface area contributed by atoms with E-state index in [4.69, 9.17) is 34.8 Å². The molecule has 0 spiro atoms. The Kier molecular flexibility index (Phi) is 8.53. The van der Waals surface area contributed by atoms with E-state index in [-0.39, 0.29) is 40.0 Å². The molecule has 0 saturated carbocycles. The Labute approximate surface area is 214 Å². The number of pyridine rings is 1. The largest absolute Gasteiger partial charge is 0.433 e. The van der Waals surface area contributed by atoms with Crippen LogP contribution in [-0.2, 0) is 29.2 Å². The van der Waals surface area contributed by atoms with E-state index in [0.29, 0.717) is 16.1 Å². The molecule has 0 saturated heterocycles. The zero-order valence-corrected chi connectivity index (χ0v) is 20.7. The van der Waals surface area contributed by atoms with E-state index >= 15 is 0 Å². The highest BCUT2D eigenvalue weighted by atomic mass is 35.5. The molecule has 3 aromatic rings. The van der Waals surface area contributed by atoms with Gasteiger partial charge in [0.15, 0.2) is 0 Å². The van der Waals surface area contributed by atoms with Gasteiger partial charge in [0.25, 0.3) is 5.91 Å². The molecular weight excluding hydrogens is 550 g/mol. The molecule has 1 aromatic heterocycles. The van der Waals surface area contributed by atoms with E-state index in [0.717, 1.165) is 12.3 Å². The smallest absolute Gasteiger partial charge is 0.348 e. The number of benzene rings is 2. The van der Waals surface area contributed by atoms with E-state index in [1.54, 1.807) is 18.2 Å². The maximum absolute atomic E-state index is 12.6. The number of anilines is 1. The lowest BCUT2D eigenvalue weighted by Gasteiger charge is -2.12. The molecular formula is C22H17Cl3F3N3O3S. The quantitative estimate of drug-likeness (QED) is 0.351. The molecule has 1 heterocycles. The average molecular weight is 567 g/mol. The molecule has 0 aliphatic heterocycles. The number of nitrogens with zero attached hydrogens (tertiary/aromatic N) is 1. The van der Waals surface area contributed by atoms with Gasteiger partial charge in [-0.2, -0.15) is 13.2 Å². The lowest BCUT2D eigenvalue weighted by molar-refractivity contribution is -0.141. The van der Waals surface area contributed by atoms with Gasteiger partial charge in [0, 0.05) is 18.3 Å². The Balaban J connectivity index is 1.60. The van der Waals surface area contributed by atoms with Gasteiger partial charge in [-0.1, -0.05) is 53.0 Å². The van der Waals surface area contributed by atoms with Crippen LogP contribution in [0.3, 0.4) is 0 Å². The monoisotopic (exact) mass is 565 g/mol. The second kappa shape index (κ2) is 11.0. The summed E-state index contributed by atoms with van der Waals surface area (Å²) in [6.07, 6.45) is -3.42. The van der Waals surface area contributed by atoms with Crippen molar-refractivity contribution in [2.75, 3.05) is 10.5 Å². The Bertz CT molecular complexity index is 1340. The molecule has 2 aromatic carbocycles. The van der Waals surface area contributed by atoms with E-state index in [2.05, 4.69) is 15.0 Å². The van der Waals surface area contributed by atoms with Crippen LogP contribution in [0.25, 0.3) is 0 Å². The topological polar surface area (TPSA) is 88.2 Å². The minimum absolute atomic E-state index is 0.0155. The number of carbonyl (C=O) groups excluding carboxylic acids is 1. The molecule has 2 N–H and O–H groups in total. The van der Waals surface area contributed by atoms with Gasteiger partial charge in [0.1, 0.15) is 5.69 Å². The highest BCUT2D eigenvalue weighted by molar-refractivity contribution is 7.92. The van der Waals surface area contributed by atoms with Crippen LogP contribution in [0.4, 0.5) is 18.9 Å². The maximum atomic E-state index is 12.6. The lowest BCUT2D eigenvalue weighted by Crippen LogP contribution is -2.23. The van der Waals surface area contributed by atoms with E-state index in [1.807, 2.05) is 0 Å². The fraction of sp³-hybridized carbons (Fsp3) is 0.182. The van der Waals surface area contributed by atoms with Crippen LogP contribution in [0.1, 0.15) is 27.2 Å². The van der Waals surface area contributed by atoms with E-state index in [1.165, 1.54) is 24.3 Å². The van der Waals surface area contributed by atoms with Gasteiger partial charge in [0.05, 0.1) is 26.5 Å². The number of alkyl halides is 3. The number of nitrogens with one attached hydrogen (secondary N) is 2. The van der Waals surface area contributed by atoms with Crippen LogP contribution in [-0.4, -0.2) is 25.1 Å². The molecule has 13 heteroatoms. The number of hydrogen-bond donors (Lipinski definition) is 2. The Morgan fingerprint density at radius 3 is 2.37 bits per heavy atom. The van der Waals surface area contributed by atoms with Crippen molar-refractivity contribution in [1.29, 1.82) is 0 Å². The number of sulfonamides is 1. The minimum Gasteiger partial charge on any atom is -0.348 e. The summed E-state index contributed by atoms with van der Waals surface area (Å²) in [6, 6.07) is 10.9. The number of amides is 1. The zero-order chi connectivity index (χ0) is 25.8.